The van der Waals surface area contributed by atoms with E-state index < -0.39 is 46.8 Å². The number of amidine groups is 1. The lowest BCUT2D eigenvalue weighted by atomic mass is 10.0. The third-order valence-corrected chi connectivity index (χ3v) is 5.17. The standard InChI is InChI=1S/C21H19F7N6O/c1-11(17(32-10-29)33-19-30-7-16(22)8-31-19)34(9-12-2-3-12)18(35)13-4-14(20(23,24)25)6-15(5-13)21(26,27)28/h4-8,10-12H,2-3,9H2,1H3,(H2,29,30,31,32,33). The molecule has 1 fully saturated rings. The Labute approximate surface area is 194 Å². The van der Waals surface area contributed by atoms with Gasteiger partial charge in [0.25, 0.3) is 5.91 Å². The van der Waals surface area contributed by atoms with Gasteiger partial charge in [0.2, 0.25) is 5.95 Å². The first-order chi connectivity index (χ1) is 16.3. The molecule has 1 unspecified atom stereocenters. The number of anilines is 1. The predicted octanol–water partition coefficient (Wildman–Crippen LogP) is 5.01. The Morgan fingerprint density at radius 3 is 2.14 bits per heavy atom. The quantitative estimate of drug-likeness (QED) is 0.315. The second kappa shape index (κ2) is 9.96. The second-order valence-electron chi connectivity index (χ2n) is 7.86. The zero-order valence-electron chi connectivity index (χ0n) is 18.1. The topological polar surface area (TPSA) is 94.3 Å². The van der Waals surface area contributed by atoms with Crippen LogP contribution in [0, 0.1) is 17.1 Å². The number of amides is 1. The van der Waals surface area contributed by atoms with E-state index in [9.17, 15) is 35.5 Å². The maximum atomic E-state index is 13.3. The van der Waals surface area contributed by atoms with Crippen LogP contribution in [0.3, 0.4) is 0 Å². The lowest BCUT2D eigenvalue weighted by molar-refractivity contribution is -0.143. The number of carbonyl (C=O) groups is 1. The third kappa shape index (κ3) is 6.73. The molecule has 2 aromatic rings. The number of nitrogens with zero attached hydrogens (tertiary/aromatic N) is 4. The van der Waals surface area contributed by atoms with Crippen molar-refractivity contribution in [2.45, 2.75) is 38.2 Å². The zero-order valence-corrected chi connectivity index (χ0v) is 18.1. The van der Waals surface area contributed by atoms with E-state index in [0.29, 0.717) is 18.5 Å². The fourth-order valence-electron chi connectivity index (χ4n) is 3.19. The van der Waals surface area contributed by atoms with Crippen LogP contribution in [0.15, 0.2) is 35.6 Å². The number of rotatable bonds is 7. The maximum Gasteiger partial charge on any atom is 0.416 e. The van der Waals surface area contributed by atoms with E-state index in [1.54, 1.807) is 0 Å². The van der Waals surface area contributed by atoms with Crippen molar-refractivity contribution in [1.82, 2.24) is 14.9 Å². The summed E-state index contributed by atoms with van der Waals surface area (Å²) in [5.74, 6) is -2.05. The predicted molar refractivity (Wildman–Crippen MR) is 111 cm³/mol. The second-order valence-corrected chi connectivity index (χ2v) is 7.86. The Morgan fingerprint density at radius 2 is 1.69 bits per heavy atom. The number of benzene rings is 1. The van der Waals surface area contributed by atoms with Crippen LogP contribution in [0.2, 0.25) is 0 Å². The van der Waals surface area contributed by atoms with Gasteiger partial charge in [-0.25, -0.2) is 19.4 Å². The highest BCUT2D eigenvalue weighted by Crippen LogP contribution is 2.37. The van der Waals surface area contributed by atoms with Crippen molar-refractivity contribution in [3.05, 3.63) is 53.1 Å². The normalized spacial score (nSPS) is 15.5. The molecule has 1 atom stereocenters. The first-order valence-electron chi connectivity index (χ1n) is 10.2. The molecule has 1 aliphatic carbocycles. The molecule has 0 saturated heterocycles. The first kappa shape index (κ1) is 26.0. The van der Waals surface area contributed by atoms with Crippen molar-refractivity contribution in [2.75, 3.05) is 11.9 Å². The molecule has 1 aliphatic rings. The Hall–Kier alpha value is -3.58. The highest BCUT2D eigenvalue weighted by molar-refractivity contribution is 6.05. The zero-order chi connectivity index (χ0) is 26.0. The van der Waals surface area contributed by atoms with Crippen molar-refractivity contribution in [1.29, 1.82) is 5.41 Å². The van der Waals surface area contributed by atoms with E-state index >= 15 is 0 Å². The molecule has 2 N–H and O–H groups in total. The molecule has 35 heavy (non-hydrogen) atoms. The molecule has 0 spiro atoms. The van der Waals surface area contributed by atoms with Crippen molar-refractivity contribution in [3.63, 3.8) is 0 Å². The van der Waals surface area contributed by atoms with Crippen molar-refractivity contribution >= 4 is 24.0 Å². The third-order valence-electron chi connectivity index (χ3n) is 5.17. The number of aromatic nitrogens is 2. The Balaban J connectivity index is 2.00. The molecule has 7 nitrogen and oxygen atoms in total. The van der Waals surface area contributed by atoms with Crippen LogP contribution in [-0.2, 0) is 12.4 Å². The van der Waals surface area contributed by atoms with E-state index in [4.69, 9.17) is 5.41 Å². The summed E-state index contributed by atoms with van der Waals surface area (Å²) in [6, 6.07) is -0.356. The van der Waals surface area contributed by atoms with Crippen LogP contribution in [0.25, 0.3) is 0 Å². The van der Waals surface area contributed by atoms with Crippen LogP contribution in [0.1, 0.15) is 41.3 Å². The highest BCUT2D eigenvalue weighted by Gasteiger charge is 2.39. The number of aliphatic imine (C=N–C) groups is 1. The number of carbonyl (C=O) groups excluding carboxylic acids is 1. The van der Waals surface area contributed by atoms with Gasteiger partial charge >= 0.3 is 12.4 Å². The van der Waals surface area contributed by atoms with Gasteiger partial charge in [-0.05, 0) is 43.9 Å². The summed E-state index contributed by atoms with van der Waals surface area (Å²) >= 11 is 0. The monoisotopic (exact) mass is 504 g/mol. The van der Waals surface area contributed by atoms with Crippen molar-refractivity contribution in [2.24, 2.45) is 10.9 Å². The SMILES string of the molecule is CC(/C(=N/C=N)Nc1ncc(F)cn1)N(CC1CC1)C(=O)c1cc(C(F)(F)F)cc(C(F)(F)F)c1. The number of hydrogen-bond acceptors (Lipinski definition) is 4. The number of halogens is 7. The number of hydrogen-bond donors (Lipinski definition) is 2. The van der Waals surface area contributed by atoms with Crippen LogP contribution >= 0.6 is 0 Å². The van der Waals surface area contributed by atoms with Gasteiger partial charge in [-0.15, -0.1) is 0 Å². The van der Waals surface area contributed by atoms with Crippen molar-refractivity contribution < 1.29 is 35.5 Å². The van der Waals surface area contributed by atoms with Gasteiger partial charge in [0.05, 0.1) is 29.6 Å². The minimum atomic E-state index is -5.11. The molecule has 0 aliphatic heterocycles. The summed E-state index contributed by atoms with van der Waals surface area (Å²) in [5.41, 5.74) is -4.02. The summed E-state index contributed by atoms with van der Waals surface area (Å²) < 4.78 is 92.9. The smallest absolute Gasteiger partial charge is 0.328 e. The van der Waals surface area contributed by atoms with Crippen LogP contribution in [0.5, 0.6) is 0 Å². The summed E-state index contributed by atoms with van der Waals surface area (Å²) in [4.78, 5) is 25.5. The van der Waals surface area contributed by atoms with E-state index in [1.165, 1.54) is 6.92 Å². The molecule has 1 aromatic carbocycles. The van der Waals surface area contributed by atoms with Gasteiger partial charge in [0.1, 0.15) is 12.2 Å². The lowest BCUT2D eigenvalue weighted by Gasteiger charge is -2.31. The van der Waals surface area contributed by atoms with Gasteiger partial charge in [-0.3, -0.25) is 10.2 Å². The van der Waals surface area contributed by atoms with Crippen LogP contribution in [-0.4, -0.2) is 45.5 Å². The van der Waals surface area contributed by atoms with E-state index in [1.807, 2.05) is 0 Å². The Kier molecular flexibility index (Phi) is 7.41. The summed E-state index contributed by atoms with van der Waals surface area (Å²) in [7, 11) is 0. The molecule has 14 heteroatoms. The summed E-state index contributed by atoms with van der Waals surface area (Å²) in [5, 5.41) is 9.89. The molecule has 1 aromatic heterocycles. The molecular formula is C21H19F7N6O. The maximum absolute atomic E-state index is 13.3. The number of nitrogens with one attached hydrogen (secondary N) is 2. The molecule has 0 bridgehead atoms. The minimum absolute atomic E-state index is 0.00223. The number of alkyl halides is 6. The summed E-state index contributed by atoms with van der Waals surface area (Å²) in [6.07, 6.45) is -6.48. The highest BCUT2D eigenvalue weighted by atomic mass is 19.4. The largest absolute Gasteiger partial charge is 0.416 e. The van der Waals surface area contributed by atoms with E-state index in [0.717, 1.165) is 30.1 Å². The fraction of sp³-hybridized carbons (Fsp3) is 0.381. The first-order valence-corrected chi connectivity index (χ1v) is 10.2. The molecular weight excluding hydrogens is 485 g/mol. The minimum Gasteiger partial charge on any atom is -0.328 e. The van der Waals surface area contributed by atoms with Crippen molar-refractivity contribution in [3.8, 4) is 0 Å². The van der Waals surface area contributed by atoms with Gasteiger partial charge in [-0.2, -0.15) is 26.3 Å². The van der Waals surface area contributed by atoms with Crippen LogP contribution < -0.4 is 5.32 Å². The lowest BCUT2D eigenvalue weighted by Crippen LogP contribution is -2.47. The molecule has 1 saturated carbocycles. The Bertz CT molecular complexity index is 1080. The van der Waals surface area contributed by atoms with Crippen LogP contribution in [0.4, 0.5) is 36.7 Å². The van der Waals surface area contributed by atoms with Gasteiger partial charge in [-0.1, -0.05) is 0 Å². The van der Waals surface area contributed by atoms with E-state index in [2.05, 4.69) is 20.3 Å². The average Bonchev–Trinajstić information content (AvgIpc) is 3.60. The molecule has 3 rings (SSSR count). The summed E-state index contributed by atoms with van der Waals surface area (Å²) in [6.45, 7) is 1.46. The Morgan fingerprint density at radius 1 is 1.14 bits per heavy atom. The molecule has 188 valence electrons. The molecule has 1 amide bonds. The van der Waals surface area contributed by atoms with E-state index in [-0.39, 0.29) is 30.3 Å². The molecule has 0 radical (unpaired) electrons. The fourth-order valence-corrected chi connectivity index (χ4v) is 3.19. The van der Waals surface area contributed by atoms with Gasteiger partial charge < -0.3 is 10.2 Å². The van der Waals surface area contributed by atoms with Gasteiger partial charge in [0, 0.05) is 12.1 Å². The average molecular weight is 504 g/mol. The molecule has 1 heterocycles. The van der Waals surface area contributed by atoms with Gasteiger partial charge in [0.15, 0.2) is 5.82 Å².